The smallest absolute Gasteiger partial charge is 1.00 e. The van der Waals surface area contributed by atoms with Crippen LogP contribution in [0.4, 0.5) is 0 Å². The third-order valence-corrected chi connectivity index (χ3v) is 4.74. The molecular formula is C19H18Cl2KN3O3. The van der Waals surface area contributed by atoms with Crippen LogP contribution in [0.5, 0.6) is 11.5 Å². The van der Waals surface area contributed by atoms with E-state index in [0.29, 0.717) is 40.3 Å². The summed E-state index contributed by atoms with van der Waals surface area (Å²) in [5.41, 5.74) is 0.715. The molecule has 0 saturated carbocycles. The van der Waals surface area contributed by atoms with Crippen LogP contribution < -0.4 is 56.1 Å². The predicted molar refractivity (Wildman–Crippen MR) is 102 cm³/mol. The van der Waals surface area contributed by atoms with Gasteiger partial charge in [0.25, 0.3) is 0 Å². The Morgan fingerprint density at radius 2 is 1.96 bits per heavy atom. The van der Waals surface area contributed by atoms with E-state index in [1.54, 1.807) is 41.3 Å². The molecule has 0 amide bonds. The van der Waals surface area contributed by atoms with Crippen molar-refractivity contribution in [2.45, 2.75) is 25.4 Å². The molecule has 2 aromatic carbocycles. The van der Waals surface area contributed by atoms with E-state index in [0.717, 1.165) is 0 Å². The number of hydrogen-bond acceptors (Lipinski definition) is 5. The van der Waals surface area contributed by atoms with Crippen LogP contribution in [0.3, 0.4) is 0 Å². The Labute approximate surface area is 217 Å². The Morgan fingerprint density at radius 3 is 2.57 bits per heavy atom. The molecule has 0 spiro atoms. The molecule has 0 unspecified atom stereocenters. The van der Waals surface area contributed by atoms with Gasteiger partial charge in [0, 0.05) is 10.6 Å². The monoisotopic (exact) mass is 445 g/mol. The molecule has 4 rings (SSSR count). The third-order valence-electron chi connectivity index (χ3n) is 4.18. The van der Waals surface area contributed by atoms with E-state index in [2.05, 4.69) is 10.1 Å². The van der Waals surface area contributed by atoms with Gasteiger partial charge in [0.15, 0.2) is 0 Å². The maximum Gasteiger partial charge on any atom is 1.00 e. The number of halogens is 2. The summed E-state index contributed by atoms with van der Waals surface area (Å²) in [6.45, 7) is 2.76. The Hall–Kier alpha value is -0.484. The van der Waals surface area contributed by atoms with E-state index in [4.69, 9.17) is 37.4 Å². The molecule has 3 aromatic rings. The maximum absolute atomic E-state index is 6.57. The van der Waals surface area contributed by atoms with Crippen molar-refractivity contribution in [1.82, 2.24) is 14.8 Å². The second-order valence-electron chi connectivity index (χ2n) is 6.28. The van der Waals surface area contributed by atoms with Crippen molar-refractivity contribution >= 4 is 23.2 Å². The first-order chi connectivity index (χ1) is 13.0. The van der Waals surface area contributed by atoms with Gasteiger partial charge in [0.1, 0.15) is 30.7 Å². The van der Waals surface area contributed by atoms with Crippen LogP contribution >= 0.6 is 23.2 Å². The topological polar surface area (TPSA) is 58.4 Å². The van der Waals surface area contributed by atoms with Crippen LogP contribution in [-0.4, -0.2) is 27.5 Å². The fourth-order valence-electron chi connectivity index (χ4n) is 2.99. The average Bonchev–Trinajstić information content (AvgIpc) is 3.28. The van der Waals surface area contributed by atoms with Gasteiger partial charge in [0.05, 0.1) is 17.7 Å². The van der Waals surface area contributed by atoms with Crippen molar-refractivity contribution in [3.8, 4) is 11.5 Å². The fraction of sp³-hybridized carbons (Fsp3) is 0.263. The summed E-state index contributed by atoms with van der Waals surface area (Å²) in [6, 6.07) is 12.5. The average molecular weight is 446 g/mol. The first kappa shape index (κ1) is 22.2. The van der Waals surface area contributed by atoms with E-state index >= 15 is 0 Å². The molecule has 2 atom stereocenters. The predicted octanol–water partition coefficient (Wildman–Crippen LogP) is 1.78. The van der Waals surface area contributed by atoms with Crippen molar-refractivity contribution in [1.29, 1.82) is 0 Å². The van der Waals surface area contributed by atoms with Gasteiger partial charge in [0.2, 0.25) is 5.79 Å². The molecule has 2 heterocycles. The molecule has 1 aliphatic rings. The van der Waals surface area contributed by atoms with Crippen molar-refractivity contribution in [3.05, 3.63) is 70.7 Å². The van der Waals surface area contributed by atoms with Crippen molar-refractivity contribution in [3.63, 3.8) is 0 Å². The van der Waals surface area contributed by atoms with Gasteiger partial charge in [-0.2, -0.15) is 5.10 Å². The summed E-state index contributed by atoms with van der Waals surface area (Å²) in [5.74, 6) is 0.249. The Balaban J connectivity index is 0.00000150. The summed E-state index contributed by atoms with van der Waals surface area (Å²) in [4.78, 5) is 3.98. The standard InChI is InChI=1S/C19H17Cl2N3O3.K.H/c1-13-9-25-19(27-13,10-24-12-22-11-23-24)17-7-6-16(8-18(17)21)26-15-4-2-14(20)3-5-15;;/h2-8,11-13H,9-10H2,1H3;;/q;+1;-1/t13-,19-;;/m0../s1. The van der Waals surface area contributed by atoms with Gasteiger partial charge in [-0.25, -0.2) is 9.67 Å². The quantitative estimate of drug-likeness (QED) is 0.560. The van der Waals surface area contributed by atoms with E-state index < -0.39 is 5.79 Å². The molecule has 1 aliphatic heterocycles. The summed E-state index contributed by atoms with van der Waals surface area (Å²) in [5, 5.41) is 5.28. The van der Waals surface area contributed by atoms with Crippen LogP contribution in [0.15, 0.2) is 55.1 Å². The van der Waals surface area contributed by atoms with Gasteiger partial charge in [-0.3, -0.25) is 0 Å². The first-order valence-electron chi connectivity index (χ1n) is 8.42. The molecule has 0 bridgehead atoms. The van der Waals surface area contributed by atoms with E-state index in [-0.39, 0.29) is 58.9 Å². The fourth-order valence-corrected chi connectivity index (χ4v) is 3.43. The SMILES string of the molecule is C[C@H]1CO[C@](Cn2cncn2)(c2ccc(Oc3ccc(Cl)cc3)cc2Cl)O1.[H-].[K+]. The third kappa shape index (κ3) is 4.98. The summed E-state index contributed by atoms with van der Waals surface area (Å²) >= 11 is 12.5. The largest absolute Gasteiger partial charge is 1.00 e. The molecular weight excluding hydrogens is 428 g/mol. The molecule has 0 aliphatic carbocycles. The second kappa shape index (κ2) is 9.55. The zero-order valence-corrected chi connectivity index (χ0v) is 20.1. The van der Waals surface area contributed by atoms with Crippen LogP contribution in [0, 0.1) is 0 Å². The maximum atomic E-state index is 6.57. The van der Waals surface area contributed by atoms with Crippen molar-refractivity contribution in [2.24, 2.45) is 0 Å². The van der Waals surface area contributed by atoms with Crippen LogP contribution in [-0.2, 0) is 21.8 Å². The minimum Gasteiger partial charge on any atom is -1.00 e. The number of hydrogen-bond donors (Lipinski definition) is 0. The van der Waals surface area contributed by atoms with Crippen molar-refractivity contribution < 1.29 is 67.0 Å². The number of ether oxygens (including phenoxy) is 3. The molecule has 0 N–H and O–H groups in total. The number of aromatic nitrogens is 3. The molecule has 142 valence electrons. The number of nitrogens with zero attached hydrogens (tertiary/aromatic N) is 3. The zero-order chi connectivity index (χ0) is 18.9. The normalized spacial score (nSPS) is 21.3. The molecule has 0 radical (unpaired) electrons. The summed E-state index contributed by atoms with van der Waals surface area (Å²) < 4.78 is 19.6. The molecule has 1 fully saturated rings. The van der Waals surface area contributed by atoms with Crippen LogP contribution in [0.25, 0.3) is 0 Å². The summed E-state index contributed by atoms with van der Waals surface area (Å²) in [7, 11) is 0. The van der Waals surface area contributed by atoms with Gasteiger partial charge in [-0.15, -0.1) is 0 Å². The Bertz CT molecular complexity index is 931. The van der Waals surface area contributed by atoms with Crippen LogP contribution in [0.1, 0.15) is 13.9 Å². The summed E-state index contributed by atoms with van der Waals surface area (Å²) in [6.07, 6.45) is 3.02. The minimum atomic E-state index is -1.02. The number of benzene rings is 2. The zero-order valence-electron chi connectivity index (χ0n) is 16.5. The minimum absolute atomic E-state index is 0. The van der Waals surface area contributed by atoms with Crippen molar-refractivity contribution in [2.75, 3.05) is 6.61 Å². The molecule has 9 heteroatoms. The number of rotatable bonds is 5. The van der Waals surface area contributed by atoms with Gasteiger partial charge in [-0.1, -0.05) is 23.2 Å². The first-order valence-corrected chi connectivity index (χ1v) is 9.17. The van der Waals surface area contributed by atoms with Gasteiger partial charge < -0.3 is 15.6 Å². The Morgan fingerprint density at radius 1 is 1.21 bits per heavy atom. The molecule has 1 aromatic heterocycles. The van der Waals surface area contributed by atoms with E-state index in [9.17, 15) is 0 Å². The molecule has 6 nitrogen and oxygen atoms in total. The second-order valence-corrected chi connectivity index (χ2v) is 7.13. The van der Waals surface area contributed by atoms with E-state index in [1.165, 1.54) is 6.33 Å². The van der Waals surface area contributed by atoms with E-state index in [1.807, 2.05) is 19.1 Å². The Kier molecular flexibility index (Phi) is 7.57. The van der Waals surface area contributed by atoms with Gasteiger partial charge in [-0.05, 0) is 49.4 Å². The van der Waals surface area contributed by atoms with Crippen LogP contribution in [0.2, 0.25) is 10.0 Å². The molecule has 28 heavy (non-hydrogen) atoms. The molecule has 1 saturated heterocycles. The van der Waals surface area contributed by atoms with Gasteiger partial charge >= 0.3 is 51.4 Å².